The van der Waals surface area contributed by atoms with Gasteiger partial charge in [0.05, 0.1) is 6.10 Å². The lowest BCUT2D eigenvalue weighted by Gasteiger charge is -2.38. The number of nitrogens with zero attached hydrogens (tertiary/aromatic N) is 1. The van der Waals surface area contributed by atoms with Gasteiger partial charge in [0.2, 0.25) is 0 Å². The van der Waals surface area contributed by atoms with Gasteiger partial charge >= 0.3 is 0 Å². The molecule has 118 valence electrons. The van der Waals surface area contributed by atoms with Crippen molar-refractivity contribution in [3.8, 4) is 0 Å². The van der Waals surface area contributed by atoms with E-state index in [4.69, 9.17) is 4.74 Å². The second kappa shape index (κ2) is 7.24. The van der Waals surface area contributed by atoms with E-state index in [1.807, 2.05) is 0 Å². The molecule has 20 heavy (non-hydrogen) atoms. The van der Waals surface area contributed by atoms with Crippen LogP contribution in [0.3, 0.4) is 0 Å². The molecule has 1 heterocycles. The fraction of sp³-hybridized carbons (Fsp3) is 1.00. The molecule has 1 aliphatic heterocycles. The third kappa shape index (κ3) is 3.96. The Morgan fingerprint density at radius 3 is 2.70 bits per heavy atom. The summed E-state index contributed by atoms with van der Waals surface area (Å²) in [5, 5.41) is 3.81. The average molecular weight is 282 g/mol. The summed E-state index contributed by atoms with van der Waals surface area (Å²) in [7, 11) is 2.30. The molecule has 3 nitrogen and oxygen atoms in total. The summed E-state index contributed by atoms with van der Waals surface area (Å²) in [5.41, 5.74) is 0.418. The number of hydrogen-bond donors (Lipinski definition) is 1. The molecule has 0 spiro atoms. The standard InChI is InChI=1S/C17H34N2O/c1-5-11-18-16-15(9-10-17(16,2)3)19(4)13-14-8-6-7-12-20-14/h14-16,18H,5-13H2,1-4H3. The van der Waals surface area contributed by atoms with Gasteiger partial charge in [-0.2, -0.15) is 0 Å². The smallest absolute Gasteiger partial charge is 0.0702 e. The van der Waals surface area contributed by atoms with Crippen LogP contribution in [-0.2, 0) is 4.74 Å². The molecule has 0 amide bonds. The van der Waals surface area contributed by atoms with E-state index in [0.717, 1.165) is 19.7 Å². The summed E-state index contributed by atoms with van der Waals surface area (Å²) >= 11 is 0. The molecule has 0 aromatic heterocycles. The largest absolute Gasteiger partial charge is 0.377 e. The normalized spacial score (nSPS) is 33.8. The Morgan fingerprint density at radius 1 is 1.25 bits per heavy atom. The van der Waals surface area contributed by atoms with Crippen LogP contribution in [0, 0.1) is 5.41 Å². The minimum atomic E-state index is 0.418. The fourth-order valence-electron chi connectivity index (χ4n) is 3.96. The number of rotatable bonds is 6. The summed E-state index contributed by atoms with van der Waals surface area (Å²) in [6.07, 6.45) is 8.16. The third-order valence-corrected chi connectivity index (χ3v) is 5.26. The molecule has 2 aliphatic rings. The van der Waals surface area contributed by atoms with E-state index >= 15 is 0 Å². The Kier molecular flexibility index (Phi) is 5.88. The van der Waals surface area contributed by atoms with Gasteiger partial charge in [-0.15, -0.1) is 0 Å². The van der Waals surface area contributed by atoms with Crippen molar-refractivity contribution in [3.05, 3.63) is 0 Å². The molecule has 3 heteroatoms. The number of ether oxygens (including phenoxy) is 1. The summed E-state index contributed by atoms with van der Waals surface area (Å²) < 4.78 is 5.91. The van der Waals surface area contributed by atoms with E-state index in [2.05, 4.69) is 38.0 Å². The molecule has 1 N–H and O–H groups in total. The maximum Gasteiger partial charge on any atom is 0.0702 e. The maximum atomic E-state index is 5.91. The highest BCUT2D eigenvalue weighted by Gasteiger charge is 2.43. The van der Waals surface area contributed by atoms with Gasteiger partial charge in [-0.25, -0.2) is 0 Å². The molecule has 2 rings (SSSR count). The van der Waals surface area contributed by atoms with Gasteiger partial charge in [0.15, 0.2) is 0 Å². The average Bonchev–Trinajstić information content (AvgIpc) is 2.72. The monoisotopic (exact) mass is 282 g/mol. The molecule has 2 fully saturated rings. The summed E-state index contributed by atoms with van der Waals surface area (Å²) in [4.78, 5) is 2.57. The molecule has 0 radical (unpaired) electrons. The van der Waals surface area contributed by atoms with E-state index in [1.54, 1.807) is 0 Å². The molecular weight excluding hydrogens is 248 g/mol. The minimum absolute atomic E-state index is 0.418. The topological polar surface area (TPSA) is 24.5 Å². The van der Waals surface area contributed by atoms with E-state index in [1.165, 1.54) is 38.5 Å². The van der Waals surface area contributed by atoms with Gasteiger partial charge in [-0.1, -0.05) is 20.8 Å². The van der Waals surface area contributed by atoms with Crippen LogP contribution in [0.25, 0.3) is 0 Å². The quantitative estimate of drug-likeness (QED) is 0.810. The molecule has 1 aliphatic carbocycles. The molecule has 0 bridgehead atoms. The SMILES string of the molecule is CCCNC1C(N(C)CC2CCCCO2)CCC1(C)C. The highest BCUT2D eigenvalue weighted by atomic mass is 16.5. The van der Waals surface area contributed by atoms with Crippen LogP contribution < -0.4 is 5.32 Å². The second-order valence-electron chi connectivity index (χ2n) is 7.45. The van der Waals surface area contributed by atoms with Crippen molar-refractivity contribution in [2.45, 2.75) is 77.5 Å². The van der Waals surface area contributed by atoms with Gasteiger partial charge in [-0.3, -0.25) is 4.90 Å². The van der Waals surface area contributed by atoms with E-state index < -0.39 is 0 Å². The van der Waals surface area contributed by atoms with Crippen LogP contribution in [0.2, 0.25) is 0 Å². The molecule has 0 aromatic rings. The van der Waals surface area contributed by atoms with Crippen molar-refractivity contribution in [1.82, 2.24) is 10.2 Å². The first kappa shape index (κ1) is 16.3. The van der Waals surface area contributed by atoms with Crippen LogP contribution in [0.5, 0.6) is 0 Å². The zero-order valence-electron chi connectivity index (χ0n) is 14.0. The predicted octanol–water partition coefficient (Wildman–Crippen LogP) is 3.04. The van der Waals surface area contributed by atoms with Crippen molar-refractivity contribution >= 4 is 0 Å². The summed E-state index contributed by atoms with van der Waals surface area (Å²) in [6.45, 7) is 10.3. The maximum absolute atomic E-state index is 5.91. The number of hydrogen-bond acceptors (Lipinski definition) is 3. The van der Waals surface area contributed by atoms with Gasteiger partial charge in [-0.05, 0) is 57.5 Å². The highest BCUT2D eigenvalue weighted by molar-refractivity contribution is 5.00. The molecule has 3 atom stereocenters. The predicted molar refractivity (Wildman–Crippen MR) is 85.1 cm³/mol. The van der Waals surface area contributed by atoms with Gasteiger partial charge in [0.1, 0.15) is 0 Å². The first-order valence-corrected chi connectivity index (χ1v) is 8.60. The first-order valence-electron chi connectivity index (χ1n) is 8.60. The summed E-state index contributed by atoms with van der Waals surface area (Å²) in [5.74, 6) is 0. The minimum Gasteiger partial charge on any atom is -0.377 e. The van der Waals surface area contributed by atoms with Crippen molar-refractivity contribution in [2.75, 3.05) is 26.7 Å². The Bertz CT molecular complexity index is 287. The second-order valence-corrected chi connectivity index (χ2v) is 7.45. The molecule has 3 unspecified atom stereocenters. The zero-order valence-corrected chi connectivity index (χ0v) is 14.0. The third-order valence-electron chi connectivity index (χ3n) is 5.26. The van der Waals surface area contributed by atoms with Gasteiger partial charge in [0, 0.05) is 25.2 Å². The lowest BCUT2D eigenvalue weighted by atomic mass is 9.86. The zero-order chi connectivity index (χ0) is 14.6. The first-order chi connectivity index (χ1) is 9.54. The van der Waals surface area contributed by atoms with Crippen LogP contribution in [0.1, 0.15) is 59.3 Å². The van der Waals surface area contributed by atoms with Crippen LogP contribution >= 0.6 is 0 Å². The molecule has 0 aromatic carbocycles. The van der Waals surface area contributed by atoms with Gasteiger partial charge in [0.25, 0.3) is 0 Å². The fourth-order valence-corrected chi connectivity index (χ4v) is 3.96. The van der Waals surface area contributed by atoms with Crippen molar-refractivity contribution in [2.24, 2.45) is 5.41 Å². The molecule has 1 saturated heterocycles. The van der Waals surface area contributed by atoms with Crippen molar-refractivity contribution < 1.29 is 4.74 Å². The summed E-state index contributed by atoms with van der Waals surface area (Å²) in [6, 6.07) is 1.29. The van der Waals surface area contributed by atoms with Crippen LogP contribution in [-0.4, -0.2) is 49.8 Å². The highest BCUT2D eigenvalue weighted by Crippen LogP contribution is 2.39. The van der Waals surface area contributed by atoms with Crippen molar-refractivity contribution in [3.63, 3.8) is 0 Å². The van der Waals surface area contributed by atoms with Crippen molar-refractivity contribution in [1.29, 1.82) is 0 Å². The lowest BCUT2D eigenvalue weighted by molar-refractivity contribution is -0.0109. The Morgan fingerprint density at radius 2 is 2.05 bits per heavy atom. The number of likely N-dealkylation sites (N-methyl/N-ethyl adjacent to an activating group) is 1. The van der Waals surface area contributed by atoms with E-state index in [0.29, 0.717) is 23.6 Å². The van der Waals surface area contributed by atoms with E-state index in [9.17, 15) is 0 Å². The van der Waals surface area contributed by atoms with E-state index in [-0.39, 0.29) is 0 Å². The Balaban J connectivity index is 1.91. The van der Waals surface area contributed by atoms with Crippen LogP contribution in [0.4, 0.5) is 0 Å². The Hall–Kier alpha value is -0.120. The molecule has 1 saturated carbocycles. The Labute approximate surface area is 125 Å². The number of nitrogens with one attached hydrogen (secondary N) is 1. The lowest BCUT2D eigenvalue weighted by Crippen LogP contribution is -2.52. The molecular formula is C17H34N2O. The van der Waals surface area contributed by atoms with Crippen LogP contribution in [0.15, 0.2) is 0 Å². The van der Waals surface area contributed by atoms with Gasteiger partial charge < -0.3 is 10.1 Å².